The first-order chi connectivity index (χ1) is 11.2. The highest BCUT2D eigenvalue weighted by Gasteiger charge is 2.03. The SMILES string of the molecule is CCOCCCCNC(=NC)NCCOc1ccc(F)c(F)c1. The molecule has 130 valence electrons. The van der Waals surface area contributed by atoms with Gasteiger partial charge in [0.15, 0.2) is 17.6 Å². The zero-order valence-electron chi connectivity index (χ0n) is 13.7. The monoisotopic (exact) mass is 329 g/mol. The summed E-state index contributed by atoms with van der Waals surface area (Å²) in [6.07, 6.45) is 1.99. The molecular weight excluding hydrogens is 304 g/mol. The van der Waals surface area contributed by atoms with Crippen molar-refractivity contribution >= 4 is 5.96 Å². The molecule has 0 amide bonds. The van der Waals surface area contributed by atoms with Gasteiger partial charge >= 0.3 is 0 Å². The second-order valence-electron chi connectivity index (χ2n) is 4.75. The van der Waals surface area contributed by atoms with Crippen LogP contribution >= 0.6 is 0 Å². The third kappa shape index (κ3) is 8.35. The van der Waals surface area contributed by atoms with Gasteiger partial charge in [-0.2, -0.15) is 0 Å². The van der Waals surface area contributed by atoms with Gasteiger partial charge in [0, 0.05) is 32.9 Å². The van der Waals surface area contributed by atoms with E-state index in [1.807, 2.05) is 6.92 Å². The van der Waals surface area contributed by atoms with Crippen molar-refractivity contribution in [3.63, 3.8) is 0 Å². The van der Waals surface area contributed by atoms with Gasteiger partial charge in [0.1, 0.15) is 12.4 Å². The van der Waals surface area contributed by atoms with E-state index in [9.17, 15) is 8.78 Å². The van der Waals surface area contributed by atoms with Crippen LogP contribution in [0, 0.1) is 11.6 Å². The second-order valence-corrected chi connectivity index (χ2v) is 4.75. The van der Waals surface area contributed by atoms with E-state index < -0.39 is 11.6 Å². The van der Waals surface area contributed by atoms with Crippen molar-refractivity contribution in [3.05, 3.63) is 29.8 Å². The normalized spacial score (nSPS) is 11.4. The van der Waals surface area contributed by atoms with Crippen LogP contribution in [0.2, 0.25) is 0 Å². The minimum atomic E-state index is -0.917. The number of benzene rings is 1. The Morgan fingerprint density at radius 1 is 1.09 bits per heavy atom. The molecule has 5 nitrogen and oxygen atoms in total. The standard InChI is InChI=1S/C16H25F2N3O2/c1-3-22-10-5-4-8-20-16(19-2)21-9-11-23-13-6-7-14(17)15(18)12-13/h6-7,12H,3-5,8-11H2,1-2H3,(H2,19,20,21). The van der Waals surface area contributed by atoms with Crippen LogP contribution in [0.1, 0.15) is 19.8 Å². The van der Waals surface area contributed by atoms with Crippen LogP contribution in [0.5, 0.6) is 5.75 Å². The molecule has 0 atom stereocenters. The van der Waals surface area contributed by atoms with Crippen molar-refractivity contribution < 1.29 is 18.3 Å². The minimum absolute atomic E-state index is 0.296. The third-order valence-corrected chi connectivity index (χ3v) is 2.99. The minimum Gasteiger partial charge on any atom is -0.492 e. The number of nitrogens with zero attached hydrogens (tertiary/aromatic N) is 1. The average Bonchev–Trinajstić information content (AvgIpc) is 2.55. The van der Waals surface area contributed by atoms with Crippen molar-refractivity contribution in [2.24, 2.45) is 4.99 Å². The molecule has 0 unspecified atom stereocenters. The van der Waals surface area contributed by atoms with E-state index in [4.69, 9.17) is 9.47 Å². The molecule has 1 aromatic carbocycles. The fourth-order valence-corrected chi connectivity index (χ4v) is 1.81. The Kier molecular flexibility index (Phi) is 9.70. The lowest BCUT2D eigenvalue weighted by atomic mass is 10.3. The number of unbranched alkanes of at least 4 members (excludes halogenated alkanes) is 1. The van der Waals surface area contributed by atoms with Gasteiger partial charge in [0.25, 0.3) is 0 Å². The Hall–Kier alpha value is -1.89. The van der Waals surface area contributed by atoms with Gasteiger partial charge in [0.2, 0.25) is 0 Å². The van der Waals surface area contributed by atoms with E-state index in [1.165, 1.54) is 6.07 Å². The molecule has 0 saturated carbocycles. The van der Waals surface area contributed by atoms with Gasteiger partial charge in [-0.1, -0.05) is 0 Å². The summed E-state index contributed by atoms with van der Waals surface area (Å²) in [6.45, 7) is 5.11. The number of halogens is 2. The number of ether oxygens (including phenoxy) is 2. The van der Waals surface area contributed by atoms with Gasteiger partial charge < -0.3 is 20.1 Å². The summed E-state index contributed by atoms with van der Waals surface area (Å²) in [7, 11) is 1.69. The molecule has 0 fully saturated rings. The molecule has 0 saturated heterocycles. The smallest absolute Gasteiger partial charge is 0.191 e. The van der Waals surface area contributed by atoms with Crippen LogP contribution in [0.4, 0.5) is 8.78 Å². The zero-order chi connectivity index (χ0) is 16.9. The predicted molar refractivity (Wildman–Crippen MR) is 86.9 cm³/mol. The molecule has 2 N–H and O–H groups in total. The Balaban J connectivity index is 2.13. The van der Waals surface area contributed by atoms with Crippen LogP contribution < -0.4 is 15.4 Å². The summed E-state index contributed by atoms with van der Waals surface area (Å²) in [5.41, 5.74) is 0. The maximum atomic E-state index is 13.0. The summed E-state index contributed by atoms with van der Waals surface area (Å²) in [4.78, 5) is 4.09. The average molecular weight is 329 g/mol. The lowest BCUT2D eigenvalue weighted by Crippen LogP contribution is -2.39. The van der Waals surface area contributed by atoms with Crippen LogP contribution in [0.3, 0.4) is 0 Å². The molecule has 0 heterocycles. The second kappa shape index (κ2) is 11.6. The molecule has 0 spiro atoms. The first-order valence-electron chi connectivity index (χ1n) is 7.77. The van der Waals surface area contributed by atoms with Crippen LogP contribution in [0.25, 0.3) is 0 Å². The van der Waals surface area contributed by atoms with Gasteiger partial charge in [-0.3, -0.25) is 4.99 Å². The topological polar surface area (TPSA) is 54.9 Å². The largest absolute Gasteiger partial charge is 0.492 e. The maximum Gasteiger partial charge on any atom is 0.191 e. The number of aliphatic imine (C=N–C) groups is 1. The van der Waals surface area contributed by atoms with Crippen molar-refractivity contribution in [1.29, 1.82) is 0 Å². The molecule has 0 aliphatic carbocycles. The molecule has 0 aromatic heterocycles. The molecule has 0 radical (unpaired) electrons. The number of hydrogen-bond acceptors (Lipinski definition) is 3. The van der Waals surface area contributed by atoms with E-state index in [0.29, 0.717) is 24.9 Å². The van der Waals surface area contributed by atoms with E-state index >= 15 is 0 Å². The fourth-order valence-electron chi connectivity index (χ4n) is 1.81. The first-order valence-corrected chi connectivity index (χ1v) is 7.77. The molecule has 7 heteroatoms. The van der Waals surface area contributed by atoms with Gasteiger partial charge in [-0.25, -0.2) is 8.78 Å². The molecule has 0 aliphatic rings. The lowest BCUT2D eigenvalue weighted by molar-refractivity contribution is 0.143. The first kappa shape index (κ1) is 19.2. The van der Waals surface area contributed by atoms with Crippen LogP contribution in [-0.2, 0) is 4.74 Å². The van der Waals surface area contributed by atoms with Crippen molar-refractivity contribution in [3.8, 4) is 5.75 Å². The Morgan fingerprint density at radius 2 is 1.87 bits per heavy atom. The van der Waals surface area contributed by atoms with E-state index in [-0.39, 0.29) is 0 Å². The summed E-state index contributed by atoms with van der Waals surface area (Å²) < 4.78 is 36.4. The summed E-state index contributed by atoms with van der Waals surface area (Å²) in [5, 5.41) is 6.26. The predicted octanol–water partition coefficient (Wildman–Crippen LogP) is 2.33. The van der Waals surface area contributed by atoms with Gasteiger partial charge in [-0.05, 0) is 31.9 Å². The lowest BCUT2D eigenvalue weighted by Gasteiger charge is -2.12. The van der Waals surface area contributed by atoms with Gasteiger partial charge in [0.05, 0.1) is 6.54 Å². The Labute approximate surface area is 136 Å². The molecule has 0 aliphatic heterocycles. The number of rotatable bonds is 10. The number of nitrogens with one attached hydrogen (secondary N) is 2. The molecule has 23 heavy (non-hydrogen) atoms. The van der Waals surface area contributed by atoms with E-state index in [1.54, 1.807) is 7.05 Å². The zero-order valence-corrected chi connectivity index (χ0v) is 13.7. The summed E-state index contributed by atoms with van der Waals surface area (Å²) in [5.74, 6) is -0.829. The van der Waals surface area contributed by atoms with Gasteiger partial charge in [-0.15, -0.1) is 0 Å². The molecule has 1 rings (SSSR count). The van der Waals surface area contributed by atoms with E-state index in [0.717, 1.165) is 44.7 Å². The third-order valence-electron chi connectivity index (χ3n) is 2.99. The highest BCUT2D eigenvalue weighted by molar-refractivity contribution is 5.79. The van der Waals surface area contributed by atoms with Crippen molar-refractivity contribution in [1.82, 2.24) is 10.6 Å². The number of hydrogen-bond donors (Lipinski definition) is 2. The maximum absolute atomic E-state index is 13.0. The molecule has 0 bridgehead atoms. The Bertz CT molecular complexity index is 484. The summed E-state index contributed by atoms with van der Waals surface area (Å²) >= 11 is 0. The van der Waals surface area contributed by atoms with Crippen LogP contribution in [0.15, 0.2) is 23.2 Å². The number of guanidine groups is 1. The molecule has 1 aromatic rings. The Morgan fingerprint density at radius 3 is 2.57 bits per heavy atom. The quantitative estimate of drug-likeness (QED) is 0.393. The summed E-state index contributed by atoms with van der Waals surface area (Å²) in [6, 6.07) is 3.46. The van der Waals surface area contributed by atoms with Crippen molar-refractivity contribution in [2.45, 2.75) is 19.8 Å². The highest BCUT2D eigenvalue weighted by Crippen LogP contribution is 2.14. The molecular formula is C16H25F2N3O2. The van der Waals surface area contributed by atoms with E-state index in [2.05, 4.69) is 15.6 Å². The van der Waals surface area contributed by atoms with Crippen LogP contribution in [-0.4, -0.2) is 45.9 Å². The van der Waals surface area contributed by atoms with Crippen molar-refractivity contribution in [2.75, 3.05) is 40.0 Å². The highest BCUT2D eigenvalue weighted by atomic mass is 19.2. The fraction of sp³-hybridized carbons (Fsp3) is 0.562.